The maximum Gasteiger partial charge on any atom is 1.00 e. The van der Waals surface area contributed by atoms with Crippen LogP contribution in [0.4, 0.5) is 0 Å². The van der Waals surface area contributed by atoms with Crippen LogP contribution in [-0.4, -0.2) is 29.7 Å². The average Bonchev–Trinajstić information content (AvgIpc) is 2.52. The molecule has 2 unspecified atom stereocenters. The maximum atomic E-state index is 12.0. The molecule has 0 radical (unpaired) electrons. The summed E-state index contributed by atoms with van der Waals surface area (Å²) in [4.78, 5) is 23.5. The first kappa shape index (κ1) is 35.4. The molecule has 30 heavy (non-hydrogen) atoms. The molecule has 0 saturated heterocycles. The molecule has 0 amide bonds. The van der Waals surface area contributed by atoms with Crippen LogP contribution in [0, 0.1) is 17.8 Å². The molecule has 0 aromatic heterocycles. The van der Waals surface area contributed by atoms with Crippen molar-refractivity contribution < 1.29 is 91.9 Å². The topological polar surface area (TPSA) is 135 Å². The van der Waals surface area contributed by atoms with E-state index < -0.39 is 39.1 Å². The standard InChI is InChI=1S/C20H38O7S.2Na/c1-15(2)11-7-5-9-13-17(18(21)22)20(19(23)24,28(25,26)27)14-10-6-8-12-16(3)4;;/h15-17H,5-14H2,1-4H3,(H,21,22)(H,23,24)(H,25,26,27);;/q;2*+1/p-2. The summed E-state index contributed by atoms with van der Waals surface area (Å²) >= 11 is 0. The van der Waals surface area contributed by atoms with Crippen molar-refractivity contribution >= 4 is 22.1 Å². The molecule has 10 heteroatoms. The normalized spacial score (nSPS) is 14.5. The molecular formula is C20H36Na2O7S. The minimum atomic E-state index is -5.21. The molecule has 0 spiro atoms. The summed E-state index contributed by atoms with van der Waals surface area (Å²) < 4.78 is 30.9. The monoisotopic (exact) mass is 466 g/mol. The molecule has 0 aromatic rings. The number of carboxylic acids is 2. The number of hydrogen-bond acceptors (Lipinski definition) is 6. The van der Waals surface area contributed by atoms with Crippen molar-refractivity contribution in [2.45, 2.75) is 96.7 Å². The Kier molecular flexibility index (Phi) is 20.5. The second-order valence-electron chi connectivity index (χ2n) is 8.55. The number of carbonyl (C=O) groups excluding carboxylic acids is 2. The van der Waals surface area contributed by atoms with Crippen LogP contribution >= 0.6 is 0 Å². The van der Waals surface area contributed by atoms with Gasteiger partial charge < -0.3 is 19.8 Å². The van der Waals surface area contributed by atoms with E-state index in [-0.39, 0.29) is 72.0 Å². The molecular weight excluding hydrogens is 430 g/mol. The molecule has 0 aliphatic rings. The van der Waals surface area contributed by atoms with Gasteiger partial charge in [-0.1, -0.05) is 79.1 Å². The molecule has 2 atom stereocenters. The molecule has 0 heterocycles. The van der Waals surface area contributed by atoms with Crippen LogP contribution in [-0.2, 0) is 19.7 Å². The van der Waals surface area contributed by atoms with Gasteiger partial charge in [-0.15, -0.1) is 0 Å². The molecule has 0 aromatic carbocycles. The number of rotatable bonds is 16. The van der Waals surface area contributed by atoms with Crippen molar-refractivity contribution in [3.05, 3.63) is 0 Å². The maximum absolute atomic E-state index is 12.0. The molecule has 0 bridgehead atoms. The van der Waals surface area contributed by atoms with E-state index in [1.54, 1.807) is 0 Å². The molecule has 0 fully saturated rings. The van der Waals surface area contributed by atoms with E-state index in [0.717, 1.165) is 25.7 Å². The molecule has 0 aliphatic heterocycles. The van der Waals surface area contributed by atoms with E-state index in [1.807, 2.05) is 13.8 Å². The first-order valence-corrected chi connectivity index (χ1v) is 11.7. The Balaban J connectivity index is -0.00000364. The minimum Gasteiger partial charge on any atom is -0.550 e. The van der Waals surface area contributed by atoms with Crippen LogP contribution in [0.1, 0.15) is 91.9 Å². The predicted molar refractivity (Wildman–Crippen MR) is 104 cm³/mol. The van der Waals surface area contributed by atoms with Crippen molar-refractivity contribution in [3.8, 4) is 0 Å². The Bertz CT molecular complexity index is 594. The van der Waals surface area contributed by atoms with Gasteiger partial charge in [0.25, 0.3) is 10.1 Å². The van der Waals surface area contributed by atoms with Gasteiger partial charge in [0.1, 0.15) is 4.75 Å². The molecule has 0 saturated carbocycles. The number of carboxylic acid groups (broad SMARTS) is 2. The van der Waals surface area contributed by atoms with Crippen molar-refractivity contribution in [1.82, 2.24) is 0 Å². The van der Waals surface area contributed by atoms with E-state index in [2.05, 4.69) is 13.8 Å². The van der Waals surface area contributed by atoms with Gasteiger partial charge in [0.05, 0.1) is 5.97 Å². The van der Waals surface area contributed by atoms with Crippen LogP contribution in [0.2, 0.25) is 0 Å². The zero-order chi connectivity index (χ0) is 22.0. The zero-order valence-corrected chi connectivity index (χ0v) is 24.4. The average molecular weight is 467 g/mol. The Hall–Kier alpha value is 0.850. The van der Waals surface area contributed by atoms with Gasteiger partial charge in [0.15, 0.2) is 0 Å². The minimum absolute atomic E-state index is 0. The summed E-state index contributed by atoms with van der Waals surface area (Å²) in [5.41, 5.74) is 0. The third-order valence-corrected chi connectivity index (χ3v) is 6.83. The van der Waals surface area contributed by atoms with Gasteiger partial charge in [0.2, 0.25) is 0 Å². The van der Waals surface area contributed by atoms with Crippen LogP contribution < -0.4 is 69.3 Å². The second kappa shape index (κ2) is 17.3. The van der Waals surface area contributed by atoms with E-state index >= 15 is 0 Å². The molecule has 0 aliphatic carbocycles. The van der Waals surface area contributed by atoms with Gasteiger partial charge in [-0.3, -0.25) is 4.55 Å². The smallest absolute Gasteiger partial charge is 0.550 e. The Morgan fingerprint density at radius 3 is 1.53 bits per heavy atom. The fourth-order valence-corrected chi connectivity index (χ4v) is 4.76. The molecule has 7 nitrogen and oxygen atoms in total. The zero-order valence-electron chi connectivity index (χ0n) is 19.6. The van der Waals surface area contributed by atoms with Crippen LogP contribution in [0.5, 0.6) is 0 Å². The fraction of sp³-hybridized carbons (Fsp3) is 0.900. The van der Waals surface area contributed by atoms with Crippen LogP contribution in [0.3, 0.4) is 0 Å². The number of aliphatic carboxylic acids is 2. The quantitative estimate of drug-likeness (QED) is 0.139. The van der Waals surface area contributed by atoms with Gasteiger partial charge >= 0.3 is 59.1 Å². The summed E-state index contributed by atoms with van der Waals surface area (Å²) in [5, 5.41) is 23.5. The SMILES string of the molecule is CC(C)CCCCCC(C(=O)[O-])C(CCCCCC(C)C)(C(=O)[O-])S(=O)(=O)O.[Na+].[Na+]. The summed E-state index contributed by atoms with van der Waals surface area (Å²) in [5.74, 6) is -4.77. The largest absolute Gasteiger partial charge is 1.00 e. The summed E-state index contributed by atoms with van der Waals surface area (Å²) in [6.45, 7) is 8.19. The number of unbranched alkanes of at least 4 members (excludes halogenated alkanes) is 4. The first-order chi connectivity index (χ1) is 12.9. The van der Waals surface area contributed by atoms with Gasteiger partial charge in [0, 0.05) is 11.9 Å². The summed E-state index contributed by atoms with van der Waals surface area (Å²) in [7, 11) is -5.21. The van der Waals surface area contributed by atoms with Crippen LogP contribution in [0.15, 0.2) is 0 Å². The third kappa shape index (κ3) is 12.2. The van der Waals surface area contributed by atoms with Crippen molar-refractivity contribution in [3.63, 3.8) is 0 Å². The molecule has 1 N–H and O–H groups in total. The fourth-order valence-electron chi connectivity index (χ4n) is 3.57. The van der Waals surface area contributed by atoms with Gasteiger partial charge in [-0.25, -0.2) is 0 Å². The van der Waals surface area contributed by atoms with Gasteiger partial charge in [-0.2, -0.15) is 8.42 Å². The Morgan fingerprint density at radius 1 is 0.800 bits per heavy atom. The third-order valence-electron chi connectivity index (χ3n) is 5.26. The Morgan fingerprint density at radius 2 is 1.20 bits per heavy atom. The van der Waals surface area contributed by atoms with Crippen molar-refractivity contribution in [2.24, 2.45) is 17.8 Å². The van der Waals surface area contributed by atoms with Crippen molar-refractivity contribution in [2.75, 3.05) is 0 Å². The number of hydrogen-bond donors (Lipinski definition) is 1. The van der Waals surface area contributed by atoms with E-state index in [4.69, 9.17) is 0 Å². The first-order valence-electron chi connectivity index (χ1n) is 10.3. The second-order valence-corrected chi connectivity index (χ2v) is 10.2. The predicted octanol–water partition coefficient (Wildman–Crippen LogP) is -4.05. The molecule has 0 rings (SSSR count). The van der Waals surface area contributed by atoms with Gasteiger partial charge in [-0.05, 0) is 24.7 Å². The summed E-state index contributed by atoms with van der Waals surface area (Å²) in [6.07, 6.45) is 4.41. The Labute approximate surface area is 226 Å². The van der Waals surface area contributed by atoms with E-state index in [0.29, 0.717) is 31.1 Å². The van der Waals surface area contributed by atoms with E-state index in [9.17, 15) is 32.8 Å². The summed E-state index contributed by atoms with van der Waals surface area (Å²) in [6, 6.07) is 0. The van der Waals surface area contributed by atoms with Crippen molar-refractivity contribution in [1.29, 1.82) is 0 Å². The van der Waals surface area contributed by atoms with Crippen LogP contribution in [0.25, 0.3) is 0 Å². The number of carbonyl (C=O) groups is 2. The van der Waals surface area contributed by atoms with E-state index in [1.165, 1.54) is 0 Å². The molecule has 166 valence electrons.